The fraction of sp³-hybridized carbons (Fsp3) is 0.667. The van der Waals surface area contributed by atoms with E-state index in [1.54, 1.807) is 0 Å². The molecule has 2 aromatic rings. The maximum absolute atomic E-state index is 14.0. The summed E-state index contributed by atoms with van der Waals surface area (Å²) in [4.78, 5) is 38.7. The van der Waals surface area contributed by atoms with Crippen LogP contribution in [0.3, 0.4) is 0 Å². The molecule has 0 spiro atoms. The Bertz CT molecular complexity index is 1270. The lowest BCUT2D eigenvalue weighted by Crippen LogP contribution is -2.58. The van der Waals surface area contributed by atoms with Gasteiger partial charge in [-0.05, 0) is 68.9 Å². The van der Waals surface area contributed by atoms with Crippen molar-refractivity contribution in [3.8, 4) is 0 Å². The maximum atomic E-state index is 14.0. The Labute approximate surface area is 229 Å². The lowest BCUT2D eigenvalue weighted by Gasteiger charge is -2.55. The molecule has 4 aliphatic rings. The molecule has 9 nitrogen and oxygen atoms in total. The molecule has 0 amide bonds. The number of nitrogens with zero attached hydrogens (tertiary/aromatic N) is 4. The molecular weight excluding hydrogens is 496 g/mol. The van der Waals surface area contributed by atoms with Crippen LogP contribution in [0.15, 0.2) is 34.2 Å². The molecule has 2 unspecified atom stereocenters. The number of hydrogen-bond acceptors (Lipinski definition) is 7. The average Bonchev–Trinajstić information content (AvgIpc) is 2.92. The van der Waals surface area contributed by atoms with E-state index in [9.17, 15) is 14.7 Å². The minimum Gasteiger partial charge on any atom is -0.476 e. The largest absolute Gasteiger partial charge is 0.476 e. The third-order valence-electron chi connectivity index (χ3n) is 9.65. The third kappa shape index (κ3) is 5.23. The van der Waals surface area contributed by atoms with Crippen LogP contribution in [0.25, 0.3) is 11.0 Å². The summed E-state index contributed by atoms with van der Waals surface area (Å²) in [7, 11) is 1.52. The number of para-hydroxylation sites is 2. The van der Waals surface area contributed by atoms with Gasteiger partial charge in [0.25, 0.3) is 5.56 Å². The number of hydrogen-bond donors (Lipinski definition) is 1. The number of fused-ring (bicyclic) bond motifs is 5. The van der Waals surface area contributed by atoms with Crippen LogP contribution in [0.5, 0.6) is 0 Å². The summed E-state index contributed by atoms with van der Waals surface area (Å²) in [6.07, 6.45) is 13.6. The minimum atomic E-state index is -1.34. The van der Waals surface area contributed by atoms with Gasteiger partial charge in [0.05, 0.1) is 17.6 Å². The van der Waals surface area contributed by atoms with Gasteiger partial charge in [0.15, 0.2) is 5.69 Å². The van der Waals surface area contributed by atoms with Crippen molar-refractivity contribution in [1.29, 1.82) is 0 Å². The highest BCUT2D eigenvalue weighted by atomic mass is 16.6. The highest BCUT2D eigenvalue weighted by molar-refractivity contribution is 6.41. The second-order valence-electron chi connectivity index (χ2n) is 12.0. The van der Waals surface area contributed by atoms with Gasteiger partial charge < -0.3 is 19.2 Å². The number of aromatic nitrogens is 2. The highest BCUT2D eigenvalue weighted by Crippen LogP contribution is 2.47. The maximum Gasteiger partial charge on any atom is 0.360 e. The number of methoxy groups -OCH3 is 1. The van der Waals surface area contributed by atoms with E-state index in [2.05, 4.69) is 15.0 Å². The molecule has 2 saturated heterocycles. The molecule has 2 aliphatic carbocycles. The van der Waals surface area contributed by atoms with Gasteiger partial charge in [0.1, 0.15) is 6.61 Å². The van der Waals surface area contributed by atoms with Crippen LogP contribution in [-0.4, -0.2) is 69.7 Å². The van der Waals surface area contributed by atoms with Crippen LogP contribution in [0, 0.1) is 11.8 Å². The summed E-state index contributed by atoms with van der Waals surface area (Å²) in [6, 6.07) is 9.10. The SMILES string of the molecule is COCCON=C(C(=O)O)c1nc2ccccc2n(C2C[C@H]3CCC[C@@H](C2)N3C2C[C@H]3CCC[C@@H](C2)C3)c1=O. The Morgan fingerprint density at radius 2 is 1.64 bits per heavy atom. The quantitative estimate of drug-likeness (QED) is 0.303. The molecule has 1 N–H and O–H groups in total. The average molecular weight is 537 g/mol. The molecule has 1 aromatic carbocycles. The molecular formula is C30H40N4O5. The van der Waals surface area contributed by atoms with Crippen LogP contribution in [0.4, 0.5) is 0 Å². The van der Waals surface area contributed by atoms with E-state index in [1.165, 1.54) is 64.9 Å². The molecule has 39 heavy (non-hydrogen) atoms. The molecule has 1 aromatic heterocycles. The number of ether oxygens (including phenoxy) is 1. The van der Waals surface area contributed by atoms with Crippen molar-refractivity contribution in [2.45, 2.75) is 94.8 Å². The predicted octanol–water partition coefficient (Wildman–Crippen LogP) is 4.38. The Hall–Kier alpha value is -2.78. The van der Waals surface area contributed by atoms with Crippen molar-refractivity contribution in [2.24, 2.45) is 17.0 Å². The zero-order chi connectivity index (χ0) is 26.9. The predicted molar refractivity (Wildman–Crippen MR) is 148 cm³/mol. The fourth-order valence-corrected chi connectivity index (χ4v) is 8.22. The van der Waals surface area contributed by atoms with Crippen molar-refractivity contribution < 1.29 is 19.5 Å². The Kier molecular flexibility index (Phi) is 7.71. The molecule has 2 saturated carbocycles. The van der Waals surface area contributed by atoms with E-state index < -0.39 is 17.2 Å². The van der Waals surface area contributed by atoms with Crippen molar-refractivity contribution in [1.82, 2.24) is 14.5 Å². The fourth-order valence-electron chi connectivity index (χ4n) is 8.22. The molecule has 6 atom stereocenters. The zero-order valence-electron chi connectivity index (χ0n) is 22.8. The first-order valence-electron chi connectivity index (χ1n) is 14.7. The van der Waals surface area contributed by atoms with Gasteiger partial charge in [0.2, 0.25) is 5.71 Å². The molecule has 9 heteroatoms. The van der Waals surface area contributed by atoms with E-state index in [0.717, 1.165) is 30.2 Å². The number of carbonyl (C=O) groups is 1. The van der Waals surface area contributed by atoms with E-state index in [1.807, 2.05) is 28.8 Å². The molecule has 4 bridgehead atoms. The van der Waals surface area contributed by atoms with E-state index in [4.69, 9.17) is 9.57 Å². The van der Waals surface area contributed by atoms with E-state index in [-0.39, 0.29) is 24.9 Å². The smallest absolute Gasteiger partial charge is 0.360 e. The van der Waals surface area contributed by atoms with Crippen molar-refractivity contribution >= 4 is 22.7 Å². The molecule has 6 rings (SSSR count). The van der Waals surface area contributed by atoms with Crippen LogP contribution < -0.4 is 5.56 Å². The monoisotopic (exact) mass is 536 g/mol. The van der Waals surface area contributed by atoms with Crippen LogP contribution in [0.1, 0.15) is 82.4 Å². The summed E-state index contributed by atoms with van der Waals surface area (Å²) >= 11 is 0. The summed E-state index contributed by atoms with van der Waals surface area (Å²) in [6.45, 7) is 0.343. The van der Waals surface area contributed by atoms with Gasteiger partial charge in [-0.2, -0.15) is 0 Å². The van der Waals surface area contributed by atoms with E-state index >= 15 is 0 Å². The molecule has 0 radical (unpaired) electrons. The molecule has 210 valence electrons. The number of piperidine rings is 2. The van der Waals surface area contributed by atoms with Gasteiger partial charge in [-0.1, -0.05) is 43.0 Å². The first-order chi connectivity index (χ1) is 19.0. The Balaban J connectivity index is 1.34. The minimum absolute atomic E-state index is 0.0109. The lowest BCUT2D eigenvalue weighted by atomic mass is 9.68. The van der Waals surface area contributed by atoms with Gasteiger partial charge in [-0.25, -0.2) is 9.78 Å². The van der Waals surface area contributed by atoms with Crippen LogP contribution in [0.2, 0.25) is 0 Å². The van der Waals surface area contributed by atoms with Crippen molar-refractivity contribution in [3.05, 3.63) is 40.3 Å². The summed E-state index contributed by atoms with van der Waals surface area (Å²) in [5, 5.41) is 13.7. The van der Waals surface area contributed by atoms with Gasteiger partial charge in [0, 0.05) is 31.3 Å². The van der Waals surface area contributed by atoms with E-state index in [0.29, 0.717) is 23.6 Å². The number of aliphatic carboxylic acids is 1. The lowest BCUT2D eigenvalue weighted by molar-refractivity contribution is -0.129. The summed E-state index contributed by atoms with van der Waals surface area (Å²) in [5.74, 6) is 0.429. The number of benzene rings is 1. The van der Waals surface area contributed by atoms with Crippen LogP contribution >= 0.6 is 0 Å². The molecule has 3 heterocycles. The van der Waals surface area contributed by atoms with Crippen molar-refractivity contribution in [3.63, 3.8) is 0 Å². The summed E-state index contributed by atoms with van der Waals surface area (Å²) < 4.78 is 6.78. The number of carboxylic acids is 1. The number of carboxylic acid groups (broad SMARTS) is 1. The van der Waals surface area contributed by atoms with Gasteiger partial charge in [-0.15, -0.1) is 0 Å². The van der Waals surface area contributed by atoms with Gasteiger partial charge >= 0.3 is 5.97 Å². The summed E-state index contributed by atoms with van der Waals surface area (Å²) in [5.41, 5.74) is 0.285. The molecule has 2 aliphatic heterocycles. The number of rotatable bonds is 8. The first kappa shape index (κ1) is 26.4. The topological polar surface area (TPSA) is 106 Å². The third-order valence-corrected chi connectivity index (χ3v) is 9.65. The Morgan fingerprint density at radius 1 is 0.949 bits per heavy atom. The Morgan fingerprint density at radius 3 is 2.33 bits per heavy atom. The molecule has 4 fully saturated rings. The zero-order valence-corrected chi connectivity index (χ0v) is 22.8. The van der Waals surface area contributed by atoms with Crippen LogP contribution in [-0.2, 0) is 14.4 Å². The normalized spacial score (nSPS) is 31.3. The second-order valence-corrected chi connectivity index (χ2v) is 12.0. The van der Waals surface area contributed by atoms with Gasteiger partial charge in [-0.3, -0.25) is 9.69 Å². The number of oxime groups is 1. The standard InChI is InChI=1S/C30H40N4O5/c1-38-12-13-39-32-28(30(36)37)27-29(35)34(26-11-3-2-10-25(26)31-27)24-17-21-8-5-9-22(18-24)33(21)23-15-19-6-4-7-20(14-19)16-23/h2-3,10-11,19-24H,4-9,12-18H2,1H3,(H,36,37)/t19-,20+,21-,22+,23?,24?. The second kappa shape index (κ2) is 11.4. The van der Waals surface area contributed by atoms with Crippen molar-refractivity contribution in [2.75, 3.05) is 20.3 Å². The first-order valence-corrected chi connectivity index (χ1v) is 14.7. The highest BCUT2D eigenvalue weighted by Gasteiger charge is 2.45.